The summed E-state index contributed by atoms with van der Waals surface area (Å²) in [6, 6.07) is 15.4. The fraction of sp³-hybridized carbons (Fsp3) is 0.0769. The first-order valence-corrected chi connectivity index (χ1v) is 5.39. The molecule has 3 aromatic rings. The van der Waals surface area contributed by atoms with E-state index in [0.717, 1.165) is 22.3 Å². The zero-order valence-corrected chi connectivity index (χ0v) is 9.11. The minimum atomic E-state index is 0.0540. The molecule has 4 nitrogen and oxygen atoms in total. The standard InChI is InChI=1S/C13H11N3O/c17-9-10-5-7-11(8-6-10)16-13-4-2-1-3-12(13)14-15-16/h1-8,17H,9H2. The van der Waals surface area contributed by atoms with Gasteiger partial charge in [-0.05, 0) is 29.8 Å². The smallest absolute Gasteiger partial charge is 0.113 e. The highest BCUT2D eigenvalue weighted by Crippen LogP contribution is 2.16. The third-order valence-corrected chi connectivity index (χ3v) is 2.72. The van der Waals surface area contributed by atoms with Crippen molar-refractivity contribution in [3.05, 3.63) is 54.1 Å². The summed E-state index contributed by atoms with van der Waals surface area (Å²) in [5, 5.41) is 17.2. The van der Waals surface area contributed by atoms with Crippen LogP contribution < -0.4 is 0 Å². The number of fused-ring (bicyclic) bond motifs is 1. The number of benzene rings is 2. The van der Waals surface area contributed by atoms with Crippen LogP contribution in [0.4, 0.5) is 0 Å². The van der Waals surface area contributed by atoms with E-state index in [2.05, 4.69) is 10.3 Å². The van der Waals surface area contributed by atoms with Gasteiger partial charge in [-0.1, -0.05) is 29.5 Å². The predicted molar refractivity (Wildman–Crippen MR) is 64.8 cm³/mol. The average Bonchev–Trinajstić information content (AvgIpc) is 2.83. The molecule has 1 heterocycles. The van der Waals surface area contributed by atoms with Gasteiger partial charge in [0.05, 0.1) is 17.8 Å². The van der Waals surface area contributed by atoms with Gasteiger partial charge < -0.3 is 5.11 Å². The third-order valence-electron chi connectivity index (χ3n) is 2.72. The van der Waals surface area contributed by atoms with Crippen molar-refractivity contribution in [3.8, 4) is 5.69 Å². The van der Waals surface area contributed by atoms with Gasteiger partial charge in [-0.15, -0.1) is 5.10 Å². The van der Waals surface area contributed by atoms with Gasteiger partial charge >= 0.3 is 0 Å². The number of nitrogens with zero attached hydrogens (tertiary/aromatic N) is 3. The van der Waals surface area contributed by atoms with E-state index in [-0.39, 0.29) is 6.61 Å². The molecule has 0 atom stereocenters. The molecule has 0 amide bonds. The van der Waals surface area contributed by atoms with Crippen LogP contribution in [-0.4, -0.2) is 20.1 Å². The molecule has 17 heavy (non-hydrogen) atoms. The minimum Gasteiger partial charge on any atom is -0.392 e. The van der Waals surface area contributed by atoms with Gasteiger partial charge in [-0.25, -0.2) is 4.68 Å². The summed E-state index contributed by atoms with van der Waals surface area (Å²) in [5.74, 6) is 0. The Morgan fingerprint density at radius 3 is 2.53 bits per heavy atom. The molecule has 0 aliphatic rings. The Balaban J connectivity index is 2.13. The van der Waals surface area contributed by atoms with Gasteiger partial charge in [0.15, 0.2) is 0 Å². The van der Waals surface area contributed by atoms with E-state index in [4.69, 9.17) is 5.11 Å². The number of rotatable bonds is 2. The molecule has 0 radical (unpaired) electrons. The number of hydrogen-bond donors (Lipinski definition) is 1. The highest BCUT2D eigenvalue weighted by atomic mass is 16.3. The molecule has 1 aromatic heterocycles. The molecule has 2 aromatic carbocycles. The average molecular weight is 225 g/mol. The van der Waals surface area contributed by atoms with Crippen LogP contribution in [0.25, 0.3) is 16.7 Å². The molecule has 0 bridgehead atoms. The first-order valence-electron chi connectivity index (χ1n) is 5.39. The van der Waals surface area contributed by atoms with Gasteiger partial charge in [0, 0.05) is 0 Å². The van der Waals surface area contributed by atoms with E-state index in [9.17, 15) is 0 Å². The van der Waals surface area contributed by atoms with E-state index >= 15 is 0 Å². The number of hydrogen-bond acceptors (Lipinski definition) is 3. The summed E-state index contributed by atoms with van der Waals surface area (Å²) in [6.07, 6.45) is 0. The quantitative estimate of drug-likeness (QED) is 0.724. The SMILES string of the molecule is OCc1ccc(-n2nnc3ccccc32)cc1. The molecule has 0 aliphatic carbocycles. The Morgan fingerprint density at radius 1 is 1.00 bits per heavy atom. The summed E-state index contributed by atoms with van der Waals surface area (Å²) in [5.41, 5.74) is 3.68. The van der Waals surface area contributed by atoms with Crippen LogP contribution in [0.1, 0.15) is 5.56 Å². The molecule has 4 heteroatoms. The van der Waals surface area contributed by atoms with Crippen LogP contribution >= 0.6 is 0 Å². The molecule has 84 valence electrons. The summed E-state index contributed by atoms with van der Waals surface area (Å²) >= 11 is 0. The van der Waals surface area contributed by atoms with E-state index in [1.54, 1.807) is 4.68 Å². The van der Waals surface area contributed by atoms with Crippen molar-refractivity contribution in [2.45, 2.75) is 6.61 Å². The fourth-order valence-electron chi connectivity index (χ4n) is 1.80. The molecule has 0 saturated carbocycles. The lowest BCUT2D eigenvalue weighted by Crippen LogP contribution is -1.96. The Hall–Kier alpha value is -2.20. The maximum absolute atomic E-state index is 9.00. The Kier molecular flexibility index (Phi) is 2.34. The molecule has 0 fully saturated rings. The third kappa shape index (κ3) is 1.68. The zero-order valence-electron chi connectivity index (χ0n) is 9.11. The normalized spacial score (nSPS) is 10.9. The second kappa shape index (κ2) is 3.99. The van der Waals surface area contributed by atoms with Gasteiger partial charge in [-0.2, -0.15) is 0 Å². The van der Waals surface area contributed by atoms with Crippen molar-refractivity contribution in [1.82, 2.24) is 15.0 Å². The molecule has 0 spiro atoms. The second-order valence-electron chi connectivity index (χ2n) is 3.81. The molecular weight excluding hydrogens is 214 g/mol. The van der Waals surface area contributed by atoms with E-state index < -0.39 is 0 Å². The van der Waals surface area contributed by atoms with Crippen molar-refractivity contribution in [1.29, 1.82) is 0 Å². The molecule has 0 aliphatic heterocycles. The lowest BCUT2D eigenvalue weighted by Gasteiger charge is -2.02. The van der Waals surface area contributed by atoms with Gasteiger partial charge in [0.25, 0.3) is 0 Å². The Labute approximate surface area is 98.1 Å². The molecular formula is C13H11N3O. The maximum Gasteiger partial charge on any atom is 0.113 e. The van der Waals surface area contributed by atoms with Crippen LogP contribution in [-0.2, 0) is 6.61 Å². The maximum atomic E-state index is 9.00. The number of aliphatic hydroxyl groups excluding tert-OH is 1. The highest BCUT2D eigenvalue weighted by Gasteiger charge is 2.04. The van der Waals surface area contributed by atoms with Crippen molar-refractivity contribution in [3.63, 3.8) is 0 Å². The number of aliphatic hydroxyl groups is 1. The fourth-order valence-corrected chi connectivity index (χ4v) is 1.80. The lowest BCUT2D eigenvalue weighted by atomic mass is 10.2. The van der Waals surface area contributed by atoms with Gasteiger partial charge in [0.1, 0.15) is 5.52 Å². The summed E-state index contributed by atoms with van der Waals surface area (Å²) in [4.78, 5) is 0. The monoisotopic (exact) mass is 225 g/mol. The van der Waals surface area contributed by atoms with Gasteiger partial charge in [0.2, 0.25) is 0 Å². The van der Waals surface area contributed by atoms with Crippen LogP contribution in [0, 0.1) is 0 Å². The minimum absolute atomic E-state index is 0.0540. The molecule has 0 unspecified atom stereocenters. The van der Waals surface area contributed by atoms with Crippen LogP contribution in [0.2, 0.25) is 0 Å². The first kappa shape index (κ1) is 9.99. The molecule has 1 N–H and O–H groups in total. The summed E-state index contributed by atoms with van der Waals surface area (Å²) < 4.78 is 1.79. The van der Waals surface area contributed by atoms with Crippen molar-refractivity contribution >= 4 is 11.0 Å². The van der Waals surface area contributed by atoms with Crippen molar-refractivity contribution in [2.24, 2.45) is 0 Å². The number of aromatic nitrogens is 3. The largest absolute Gasteiger partial charge is 0.392 e. The van der Waals surface area contributed by atoms with Crippen molar-refractivity contribution in [2.75, 3.05) is 0 Å². The second-order valence-corrected chi connectivity index (χ2v) is 3.81. The predicted octanol–water partition coefficient (Wildman–Crippen LogP) is 1.91. The first-order chi connectivity index (χ1) is 8.38. The Bertz CT molecular complexity index is 643. The van der Waals surface area contributed by atoms with Crippen LogP contribution in [0.5, 0.6) is 0 Å². The van der Waals surface area contributed by atoms with E-state index in [0.29, 0.717) is 0 Å². The van der Waals surface area contributed by atoms with E-state index in [1.165, 1.54) is 0 Å². The van der Waals surface area contributed by atoms with E-state index in [1.807, 2.05) is 48.5 Å². The summed E-state index contributed by atoms with van der Waals surface area (Å²) in [7, 11) is 0. The van der Waals surface area contributed by atoms with Crippen molar-refractivity contribution < 1.29 is 5.11 Å². The van der Waals surface area contributed by atoms with Crippen LogP contribution in [0.15, 0.2) is 48.5 Å². The zero-order chi connectivity index (χ0) is 11.7. The summed E-state index contributed by atoms with van der Waals surface area (Å²) in [6.45, 7) is 0.0540. The highest BCUT2D eigenvalue weighted by molar-refractivity contribution is 5.75. The molecule has 3 rings (SSSR count). The van der Waals surface area contributed by atoms with Crippen LogP contribution in [0.3, 0.4) is 0 Å². The molecule has 0 saturated heterocycles. The Morgan fingerprint density at radius 2 is 1.76 bits per heavy atom. The number of para-hydroxylation sites is 1. The topological polar surface area (TPSA) is 50.9 Å². The van der Waals surface area contributed by atoms with Gasteiger partial charge in [-0.3, -0.25) is 0 Å². The lowest BCUT2D eigenvalue weighted by molar-refractivity contribution is 0.282.